The van der Waals surface area contributed by atoms with E-state index in [1.165, 1.54) is 6.92 Å². The summed E-state index contributed by atoms with van der Waals surface area (Å²) in [6.07, 6.45) is 0.657. The molecule has 0 N–H and O–H groups in total. The van der Waals surface area contributed by atoms with Gasteiger partial charge in [0.2, 0.25) is 0 Å². The third kappa shape index (κ3) is 9.25. The van der Waals surface area contributed by atoms with Gasteiger partial charge in [-0.25, -0.2) is 0 Å². The zero-order chi connectivity index (χ0) is 9.61. The van der Waals surface area contributed by atoms with E-state index in [1.807, 2.05) is 0 Å². The zero-order valence-corrected chi connectivity index (χ0v) is 9.23. The van der Waals surface area contributed by atoms with Crippen molar-refractivity contribution < 1.29 is 9.53 Å². The summed E-state index contributed by atoms with van der Waals surface area (Å²) in [5.74, 6) is 2.78. The van der Waals surface area contributed by atoms with Crippen molar-refractivity contribution in [1.82, 2.24) is 0 Å². The van der Waals surface area contributed by atoms with E-state index < -0.39 is 8.07 Å². The van der Waals surface area contributed by atoms with E-state index >= 15 is 0 Å². The molecule has 12 heavy (non-hydrogen) atoms. The molecule has 0 aliphatic rings. The Kier molecular flexibility index (Phi) is 4.68. The van der Waals surface area contributed by atoms with Gasteiger partial charge in [0.15, 0.2) is 0 Å². The fourth-order valence-corrected chi connectivity index (χ4v) is 1.23. The van der Waals surface area contributed by atoms with E-state index in [1.54, 1.807) is 0 Å². The van der Waals surface area contributed by atoms with Crippen LogP contribution in [0.5, 0.6) is 0 Å². The van der Waals surface area contributed by atoms with Crippen molar-refractivity contribution in [3.63, 3.8) is 0 Å². The molecule has 0 spiro atoms. The number of carbonyl (C=O) groups is 1. The second-order valence-corrected chi connectivity index (χ2v) is 8.39. The number of hydrogen-bond acceptors (Lipinski definition) is 2. The Hall–Kier alpha value is -0.753. The van der Waals surface area contributed by atoms with Crippen molar-refractivity contribution in [2.75, 3.05) is 6.61 Å². The Morgan fingerprint density at radius 3 is 2.42 bits per heavy atom. The van der Waals surface area contributed by atoms with Crippen molar-refractivity contribution in [3.8, 4) is 11.5 Å². The molecule has 0 radical (unpaired) electrons. The first-order valence-electron chi connectivity index (χ1n) is 4.05. The molecule has 0 unspecified atom stereocenters. The van der Waals surface area contributed by atoms with Crippen LogP contribution >= 0.6 is 0 Å². The Morgan fingerprint density at radius 1 is 1.42 bits per heavy atom. The van der Waals surface area contributed by atoms with Gasteiger partial charge in [-0.2, -0.15) is 0 Å². The van der Waals surface area contributed by atoms with Crippen LogP contribution in [-0.4, -0.2) is 20.7 Å². The van der Waals surface area contributed by atoms with Gasteiger partial charge in [0, 0.05) is 13.3 Å². The van der Waals surface area contributed by atoms with Gasteiger partial charge in [-0.05, 0) is 0 Å². The summed E-state index contributed by atoms with van der Waals surface area (Å²) in [5, 5.41) is 0. The molecule has 0 saturated heterocycles. The summed E-state index contributed by atoms with van der Waals surface area (Å²) < 4.78 is 4.73. The molecule has 0 aromatic carbocycles. The molecule has 0 fully saturated rings. The largest absolute Gasteiger partial charge is 0.465 e. The maximum Gasteiger partial charge on any atom is 0.302 e. The van der Waals surface area contributed by atoms with E-state index in [2.05, 4.69) is 31.1 Å². The van der Waals surface area contributed by atoms with Crippen LogP contribution in [-0.2, 0) is 9.53 Å². The molecule has 0 aliphatic carbocycles. The summed E-state index contributed by atoms with van der Waals surface area (Å²) >= 11 is 0. The number of esters is 1. The summed E-state index contributed by atoms with van der Waals surface area (Å²) in [5.41, 5.74) is 3.19. The van der Waals surface area contributed by atoms with Crippen LogP contribution in [0.2, 0.25) is 19.6 Å². The van der Waals surface area contributed by atoms with Crippen LogP contribution in [0.3, 0.4) is 0 Å². The molecule has 0 amide bonds. The molecular formula is C9H16O2Si. The molecule has 0 saturated carbocycles. The van der Waals surface area contributed by atoms with Gasteiger partial charge in [-0.15, -0.1) is 11.5 Å². The van der Waals surface area contributed by atoms with E-state index in [0.717, 1.165) is 0 Å². The molecule has 3 heteroatoms. The molecule has 2 nitrogen and oxygen atoms in total. The van der Waals surface area contributed by atoms with E-state index in [0.29, 0.717) is 13.0 Å². The van der Waals surface area contributed by atoms with Crippen molar-refractivity contribution in [2.45, 2.75) is 33.0 Å². The molecule has 0 atom stereocenters. The lowest BCUT2D eigenvalue weighted by Crippen LogP contribution is -2.16. The third-order valence-corrected chi connectivity index (χ3v) is 1.92. The molecule has 0 aromatic rings. The Labute approximate surface area is 75.3 Å². The van der Waals surface area contributed by atoms with Crippen molar-refractivity contribution in [2.24, 2.45) is 0 Å². The maximum absolute atomic E-state index is 10.3. The zero-order valence-electron chi connectivity index (χ0n) is 8.23. The summed E-state index contributed by atoms with van der Waals surface area (Å²) in [6.45, 7) is 8.39. The highest BCUT2D eigenvalue weighted by molar-refractivity contribution is 6.83. The van der Waals surface area contributed by atoms with Crippen LogP contribution < -0.4 is 0 Å². The van der Waals surface area contributed by atoms with Crippen LogP contribution in [0.25, 0.3) is 0 Å². The molecule has 0 aliphatic heterocycles. The first-order valence-corrected chi connectivity index (χ1v) is 7.55. The van der Waals surface area contributed by atoms with Gasteiger partial charge in [-0.1, -0.05) is 19.6 Å². The van der Waals surface area contributed by atoms with Gasteiger partial charge >= 0.3 is 5.97 Å². The Bertz CT molecular complexity index is 205. The molecular weight excluding hydrogens is 168 g/mol. The van der Waals surface area contributed by atoms with Crippen LogP contribution in [0.4, 0.5) is 0 Å². The predicted octanol–water partition coefficient (Wildman–Crippen LogP) is 1.82. The summed E-state index contributed by atoms with van der Waals surface area (Å²) in [6, 6.07) is 0. The first-order chi connectivity index (χ1) is 5.42. The second kappa shape index (κ2) is 4.99. The fraction of sp³-hybridized carbons (Fsp3) is 0.667. The quantitative estimate of drug-likeness (QED) is 0.283. The third-order valence-electron chi connectivity index (χ3n) is 0.996. The molecule has 0 heterocycles. The maximum atomic E-state index is 10.3. The number of ether oxygens (including phenoxy) is 1. The van der Waals surface area contributed by atoms with Gasteiger partial charge in [0.25, 0.3) is 0 Å². The Balaban J connectivity index is 3.53. The fourth-order valence-electron chi connectivity index (χ4n) is 0.573. The van der Waals surface area contributed by atoms with Crippen LogP contribution in [0.15, 0.2) is 0 Å². The summed E-state index contributed by atoms with van der Waals surface area (Å²) in [4.78, 5) is 10.3. The lowest BCUT2D eigenvalue weighted by Gasteiger charge is -2.03. The van der Waals surface area contributed by atoms with Gasteiger partial charge < -0.3 is 4.74 Å². The average molecular weight is 184 g/mol. The smallest absolute Gasteiger partial charge is 0.302 e. The monoisotopic (exact) mass is 184 g/mol. The predicted molar refractivity (Wildman–Crippen MR) is 52.4 cm³/mol. The van der Waals surface area contributed by atoms with E-state index in [9.17, 15) is 4.79 Å². The van der Waals surface area contributed by atoms with Gasteiger partial charge in [-0.3, -0.25) is 4.79 Å². The lowest BCUT2D eigenvalue weighted by molar-refractivity contribution is -0.140. The molecule has 0 bridgehead atoms. The normalized spacial score (nSPS) is 10.0. The van der Waals surface area contributed by atoms with Crippen molar-refractivity contribution >= 4 is 14.0 Å². The summed E-state index contributed by atoms with van der Waals surface area (Å²) in [7, 11) is -1.24. The van der Waals surface area contributed by atoms with Gasteiger partial charge in [0.1, 0.15) is 14.7 Å². The highest BCUT2D eigenvalue weighted by atomic mass is 28.3. The minimum Gasteiger partial charge on any atom is -0.465 e. The number of hydrogen-bond donors (Lipinski definition) is 0. The molecule has 0 rings (SSSR count). The van der Waals surface area contributed by atoms with Crippen molar-refractivity contribution in [3.05, 3.63) is 0 Å². The molecule has 0 aromatic heterocycles. The van der Waals surface area contributed by atoms with E-state index in [-0.39, 0.29) is 5.97 Å². The van der Waals surface area contributed by atoms with E-state index in [4.69, 9.17) is 4.74 Å². The van der Waals surface area contributed by atoms with Crippen LogP contribution in [0, 0.1) is 11.5 Å². The Morgan fingerprint density at radius 2 is 2.00 bits per heavy atom. The topological polar surface area (TPSA) is 26.3 Å². The van der Waals surface area contributed by atoms with Gasteiger partial charge in [0.05, 0.1) is 0 Å². The number of rotatable bonds is 2. The minimum atomic E-state index is -1.24. The van der Waals surface area contributed by atoms with Crippen LogP contribution in [0.1, 0.15) is 13.3 Å². The standard InChI is InChI=1S/C9H16O2Si/c1-9(10)11-7-5-6-8-12(2,3)4/h5,7H2,1-4H3. The van der Waals surface area contributed by atoms with Crippen molar-refractivity contribution in [1.29, 1.82) is 0 Å². The average Bonchev–Trinajstić information content (AvgIpc) is 1.83. The second-order valence-electron chi connectivity index (χ2n) is 3.64. The lowest BCUT2D eigenvalue weighted by atomic mass is 10.5. The number of carbonyl (C=O) groups excluding carboxylic acids is 1. The minimum absolute atomic E-state index is 0.232. The highest BCUT2D eigenvalue weighted by Crippen LogP contribution is 1.96. The molecule has 68 valence electrons. The first kappa shape index (κ1) is 11.2. The highest BCUT2D eigenvalue weighted by Gasteiger charge is 2.06. The SMILES string of the molecule is CC(=O)OCCC#C[Si](C)(C)C.